The van der Waals surface area contributed by atoms with E-state index in [2.05, 4.69) is 5.32 Å². The van der Waals surface area contributed by atoms with Crippen LogP contribution >= 0.6 is 11.6 Å². The van der Waals surface area contributed by atoms with Gasteiger partial charge in [0, 0.05) is 25.6 Å². The highest BCUT2D eigenvalue weighted by molar-refractivity contribution is 6.32. The summed E-state index contributed by atoms with van der Waals surface area (Å²) in [6.45, 7) is 2.20. The zero-order chi connectivity index (χ0) is 20.0. The molecule has 0 unspecified atom stereocenters. The van der Waals surface area contributed by atoms with Gasteiger partial charge in [-0.2, -0.15) is 0 Å². The summed E-state index contributed by atoms with van der Waals surface area (Å²) >= 11 is 6.16. The summed E-state index contributed by atoms with van der Waals surface area (Å²) in [6.07, 6.45) is 0.778. The molecule has 1 heterocycles. The van der Waals surface area contributed by atoms with Gasteiger partial charge in [-0.05, 0) is 12.5 Å². The number of rotatable bonds is 8. The Morgan fingerprint density at radius 3 is 2.59 bits per heavy atom. The molecular formula is C18H23ClN2O6. The molecule has 1 aromatic carbocycles. The van der Waals surface area contributed by atoms with Crippen LogP contribution in [-0.2, 0) is 19.1 Å². The average Bonchev–Trinajstić information content (AvgIpc) is 3.05. The Morgan fingerprint density at radius 1 is 1.26 bits per heavy atom. The number of ether oxygens (including phenoxy) is 3. The maximum absolute atomic E-state index is 12.4. The first-order valence-electron chi connectivity index (χ1n) is 8.56. The van der Waals surface area contributed by atoms with Gasteiger partial charge in [-0.3, -0.25) is 14.4 Å². The van der Waals surface area contributed by atoms with Gasteiger partial charge in [0.2, 0.25) is 5.91 Å². The molecule has 1 aliphatic heterocycles. The predicted molar refractivity (Wildman–Crippen MR) is 99.3 cm³/mol. The fraction of sp³-hybridized carbons (Fsp3) is 0.500. The van der Waals surface area contributed by atoms with Crippen molar-refractivity contribution in [3.63, 3.8) is 0 Å². The van der Waals surface area contributed by atoms with E-state index in [-0.39, 0.29) is 31.4 Å². The van der Waals surface area contributed by atoms with Gasteiger partial charge in [0.25, 0.3) is 5.91 Å². The van der Waals surface area contributed by atoms with Crippen molar-refractivity contribution in [3.8, 4) is 11.5 Å². The van der Waals surface area contributed by atoms with Gasteiger partial charge in [0.1, 0.15) is 11.5 Å². The van der Waals surface area contributed by atoms with Gasteiger partial charge in [-0.25, -0.2) is 0 Å². The summed E-state index contributed by atoms with van der Waals surface area (Å²) in [5.74, 6) is -1.06. The highest BCUT2D eigenvalue weighted by Crippen LogP contribution is 2.40. The molecule has 148 valence electrons. The highest BCUT2D eigenvalue weighted by Gasteiger charge is 2.37. The van der Waals surface area contributed by atoms with Crippen molar-refractivity contribution in [2.45, 2.75) is 19.8 Å². The Morgan fingerprint density at radius 2 is 1.96 bits per heavy atom. The number of hydrogen-bond acceptors (Lipinski definition) is 6. The first kappa shape index (κ1) is 20.8. The molecular weight excluding hydrogens is 376 g/mol. The Balaban J connectivity index is 2.06. The van der Waals surface area contributed by atoms with Crippen molar-refractivity contribution in [3.05, 3.63) is 17.2 Å². The minimum absolute atomic E-state index is 0.0117. The largest absolute Gasteiger partial charge is 0.495 e. The molecule has 2 amide bonds. The summed E-state index contributed by atoms with van der Waals surface area (Å²) in [5.41, 5.74) is 0.448. The molecule has 1 saturated heterocycles. The van der Waals surface area contributed by atoms with Crippen molar-refractivity contribution in [1.29, 1.82) is 0 Å². The Hall–Kier alpha value is -2.48. The molecule has 0 saturated carbocycles. The molecule has 9 heteroatoms. The summed E-state index contributed by atoms with van der Waals surface area (Å²) in [4.78, 5) is 37.6. The highest BCUT2D eigenvalue weighted by atomic mass is 35.5. The van der Waals surface area contributed by atoms with Crippen molar-refractivity contribution >= 4 is 35.1 Å². The Bertz CT molecular complexity index is 724. The van der Waals surface area contributed by atoms with E-state index < -0.39 is 11.9 Å². The standard InChI is InChI=1S/C18H23ClN2O6/c1-4-5-20-16(22)10-27-18(24)11-6-17(23)21(9-11)13-7-12(19)14(25-2)8-15(13)26-3/h7-8,11H,4-6,9-10H2,1-3H3,(H,20,22)/t11-/m0/s1. The average molecular weight is 399 g/mol. The van der Waals surface area contributed by atoms with E-state index >= 15 is 0 Å². The number of benzene rings is 1. The molecule has 2 rings (SSSR count). The Kier molecular flexibility index (Phi) is 7.29. The van der Waals surface area contributed by atoms with Crippen LogP contribution in [0.4, 0.5) is 5.69 Å². The molecule has 0 radical (unpaired) electrons. The fourth-order valence-corrected chi connectivity index (χ4v) is 2.96. The second-order valence-corrected chi connectivity index (χ2v) is 6.43. The van der Waals surface area contributed by atoms with E-state index in [0.29, 0.717) is 28.8 Å². The molecule has 27 heavy (non-hydrogen) atoms. The number of methoxy groups -OCH3 is 2. The van der Waals surface area contributed by atoms with E-state index in [1.54, 1.807) is 12.1 Å². The predicted octanol–water partition coefficient (Wildman–Crippen LogP) is 1.78. The molecule has 0 aromatic heterocycles. The van der Waals surface area contributed by atoms with Crippen LogP contribution in [0.2, 0.25) is 5.02 Å². The lowest BCUT2D eigenvalue weighted by Gasteiger charge is -2.20. The number of nitrogens with zero attached hydrogens (tertiary/aromatic N) is 1. The minimum Gasteiger partial charge on any atom is -0.495 e. The topological polar surface area (TPSA) is 94.2 Å². The number of nitrogens with one attached hydrogen (secondary N) is 1. The lowest BCUT2D eigenvalue weighted by Crippen LogP contribution is -2.31. The second kappa shape index (κ2) is 9.45. The van der Waals surface area contributed by atoms with E-state index in [9.17, 15) is 14.4 Å². The quantitative estimate of drug-likeness (QED) is 0.671. The molecule has 1 aromatic rings. The van der Waals surface area contributed by atoms with E-state index in [0.717, 1.165) is 6.42 Å². The minimum atomic E-state index is -0.665. The van der Waals surface area contributed by atoms with Gasteiger partial charge in [-0.15, -0.1) is 0 Å². The normalized spacial score (nSPS) is 16.2. The van der Waals surface area contributed by atoms with Gasteiger partial charge in [0.15, 0.2) is 6.61 Å². The van der Waals surface area contributed by atoms with Crippen LogP contribution in [0.15, 0.2) is 12.1 Å². The van der Waals surface area contributed by atoms with Gasteiger partial charge in [0.05, 0.1) is 30.8 Å². The summed E-state index contributed by atoms with van der Waals surface area (Å²) in [7, 11) is 2.94. The van der Waals surface area contributed by atoms with Crippen molar-refractivity contribution < 1.29 is 28.6 Å². The monoisotopic (exact) mass is 398 g/mol. The first-order chi connectivity index (χ1) is 12.9. The van der Waals surface area contributed by atoms with E-state index in [1.807, 2.05) is 6.92 Å². The smallest absolute Gasteiger partial charge is 0.311 e. The maximum atomic E-state index is 12.4. The zero-order valence-corrected chi connectivity index (χ0v) is 16.3. The van der Waals surface area contributed by atoms with Crippen LogP contribution in [0.5, 0.6) is 11.5 Å². The van der Waals surface area contributed by atoms with Crippen LogP contribution < -0.4 is 19.7 Å². The fourth-order valence-electron chi connectivity index (χ4n) is 2.72. The third-order valence-corrected chi connectivity index (χ3v) is 4.42. The summed E-state index contributed by atoms with van der Waals surface area (Å²) in [6, 6.07) is 3.14. The third-order valence-electron chi connectivity index (χ3n) is 4.12. The lowest BCUT2D eigenvalue weighted by molar-refractivity contribution is -0.152. The Labute approximate surface area is 162 Å². The van der Waals surface area contributed by atoms with Crippen molar-refractivity contribution in [2.75, 3.05) is 38.8 Å². The molecule has 0 spiro atoms. The van der Waals surface area contributed by atoms with Gasteiger partial charge >= 0.3 is 5.97 Å². The SMILES string of the molecule is CCCNC(=O)COC(=O)[C@H]1CC(=O)N(c2cc(Cl)c(OC)cc2OC)C1. The number of carbonyl (C=O) groups excluding carboxylic acids is 3. The second-order valence-electron chi connectivity index (χ2n) is 6.02. The maximum Gasteiger partial charge on any atom is 0.311 e. The van der Waals surface area contributed by atoms with Crippen LogP contribution in [0, 0.1) is 5.92 Å². The summed E-state index contributed by atoms with van der Waals surface area (Å²) < 4.78 is 15.5. The first-order valence-corrected chi connectivity index (χ1v) is 8.94. The molecule has 0 aliphatic carbocycles. The van der Waals surface area contributed by atoms with Gasteiger partial charge < -0.3 is 24.4 Å². The van der Waals surface area contributed by atoms with Crippen LogP contribution in [0.1, 0.15) is 19.8 Å². The van der Waals surface area contributed by atoms with Gasteiger partial charge in [-0.1, -0.05) is 18.5 Å². The van der Waals surface area contributed by atoms with Crippen LogP contribution in [-0.4, -0.2) is 51.7 Å². The molecule has 1 aliphatic rings. The van der Waals surface area contributed by atoms with Crippen molar-refractivity contribution in [2.24, 2.45) is 5.92 Å². The molecule has 1 fully saturated rings. The number of hydrogen-bond donors (Lipinski definition) is 1. The zero-order valence-electron chi connectivity index (χ0n) is 15.5. The number of anilines is 1. The number of esters is 1. The number of amides is 2. The lowest BCUT2D eigenvalue weighted by atomic mass is 10.1. The van der Waals surface area contributed by atoms with E-state index in [1.165, 1.54) is 19.1 Å². The summed E-state index contributed by atoms with van der Waals surface area (Å²) in [5, 5.41) is 2.94. The third kappa shape index (κ3) is 5.03. The number of halogens is 1. The molecule has 0 bridgehead atoms. The number of carbonyl (C=O) groups is 3. The van der Waals surface area contributed by atoms with Crippen LogP contribution in [0.3, 0.4) is 0 Å². The van der Waals surface area contributed by atoms with E-state index in [4.69, 9.17) is 25.8 Å². The van der Waals surface area contributed by atoms with Crippen molar-refractivity contribution in [1.82, 2.24) is 5.32 Å². The molecule has 8 nitrogen and oxygen atoms in total. The van der Waals surface area contributed by atoms with Crippen LogP contribution in [0.25, 0.3) is 0 Å². The molecule has 1 atom stereocenters. The molecule has 1 N–H and O–H groups in total.